The maximum Gasteiger partial charge on any atom is 0.415 e. The molecule has 0 spiro atoms. The summed E-state index contributed by atoms with van der Waals surface area (Å²) in [6.45, 7) is 1.80. The normalized spacial score (nSPS) is 13.2. The number of Topliss-reactive ketones (excluding diaryl/α,β-unsaturated/α-hetero) is 1. The van der Waals surface area contributed by atoms with Gasteiger partial charge in [-0.1, -0.05) is 18.2 Å². The van der Waals surface area contributed by atoms with Gasteiger partial charge in [0.15, 0.2) is 17.3 Å². The SMILES string of the molecule is CC(C(=O)c1ccc2c(c1)OCO2)N(C)C(=O)Oc1ccccc1. The number of carbonyl (C=O) groups is 2. The van der Waals surface area contributed by atoms with Gasteiger partial charge >= 0.3 is 6.09 Å². The molecule has 1 heterocycles. The molecule has 0 bridgehead atoms. The lowest BCUT2D eigenvalue weighted by Crippen LogP contribution is -2.41. The second kappa shape index (κ2) is 6.62. The molecule has 0 radical (unpaired) electrons. The zero-order chi connectivity index (χ0) is 17.1. The van der Waals surface area contributed by atoms with Crippen LogP contribution in [0.2, 0.25) is 0 Å². The third-order valence-corrected chi connectivity index (χ3v) is 3.85. The van der Waals surface area contributed by atoms with E-state index in [4.69, 9.17) is 14.2 Å². The van der Waals surface area contributed by atoms with Crippen LogP contribution in [-0.4, -0.2) is 36.7 Å². The fraction of sp³-hybridized carbons (Fsp3) is 0.222. The Labute approximate surface area is 139 Å². The topological polar surface area (TPSA) is 65.1 Å². The number of hydrogen-bond donors (Lipinski definition) is 0. The molecule has 0 saturated heterocycles. The number of amides is 1. The Kier molecular flexibility index (Phi) is 4.37. The van der Waals surface area contributed by atoms with Gasteiger partial charge in [0.25, 0.3) is 0 Å². The summed E-state index contributed by atoms with van der Waals surface area (Å²) in [6, 6.07) is 13.0. The molecule has 1 unspecified atom stereocenters. The lowest BCUT2D eigenvalue weighted by molar-refractivity contribution is 0.0854. The molecule has 1 aliphatic rings. The molecule has 0 aromatic heterocycles. The molecule has 6 nitrogen and oxygen atoms in total. The van der Waals surface area contributed by atoms with Crippen molar-refractivity contribution < 1.29 is 23.8 Å². The summed E-state index contributed by atoms with van der Waals surface area (Å²) in [7, 11) is 1.53. The third-order valence-electron chi connectivity index (χ3n) is 3.85. The first-order valence-corrected chi connectivity index (χ1v) is 7.50. The van der Waals surface area contributed by atoms with E-state index in [9.17, 15) is 9.59 Å². The number of ketones is 1. The average Bonchev–Trinajstić information content (AvgIpc) is 3.08. The maximum atomic E-state index is 12.6. The van der Waals surface area contributed by atoms with Crippen molar-refractivity contribution in [3.8, 4) is 17.2 Å². The van der Waals surface area contributed by atoms with E-state index >= 15 is 0 Å². The summed E-state index contributed by atoms with van der Waals surface area (Å²) < 4.78 is 15.8. The van der Waals surface area contributed by atoms with Crippen molar-refractivity contribution in [3.63, 3.8) is 0 Å². The molecule has 24 heavy (non-hydrogen) atoms. The van der Waals surface area contributed by atoms with Crippen LogP contribution < -0.4 is 14.2 Å². The van der Waals surface area contributed by atoms with Crippen LogP contribution in [0.5, 0.6) is 17.2 Å². The molecular formula is C18H17NO5. The highest BCUT2D eigenvalue weighted by molar-refractivity contribution is 6.01. The van der Waals surface area contributed by atoms with Crippen LogP contribution in [0.4, 0.5) is 4.79 Å². The van der Waals surface area contributed by atoms with E-state index in [1.54, 1.807) is 49.4 Å². The first-order valence-electron chi connectivity index (χ1n) is 7.50. The largest absolute Gasteiger partial charge is 0.454 e. The number of rotatable bonds is 4. The zero-order valence-corrected chi connectivity index (χ0v) is 13.4. The predicted octanol–water partition coefficient (Wildman–Crippen LogP) is 3.12. The monoisotopic (exact) mass is 327 g/mol. The quantitative estimate of drug-likeness (QED) is 0.807. The number of hydrogen-bond acceptors (Lipinski definition) is 5. The summed E-state index contributed by atoms with van der Waals surface area (Å²) in [4.78, 5) is 26.0. The van der Waals surface area contributed by atoms with Gasteiger partial charge in [0, 0.05) is 12.6 Å². The van der Waals surface area contributed by atoms with Crippen LogP contribution in [-0.2, 0) is 0 Å². The molecular weight excluding hydrogens is 310 g/mol. The van der Waals surface area contributed by atoms with Crippen molar-refractivity contribution in [1.82, 2.24) is 4.90 Å². The maximum absolute atomic E-state index is 12.6. The van der Waals surface area contributed by atoms with E-state index in [0.717, 1.165) is 0 Å². The minimum Gasteiger partial charge on any atom is -0.454 e. The van der Waals surface area contributed by atoms with Crippen LogP contribution in [0.3, 0.4) is 0 Å². The van der Waals surface area contributed by atoms with Gasteiger partial charge in [-0.3, -0.25) is 4.79 Å². The Balaban J connectivity index is 1.69. The second-order valence-electron chi connectivity index (χ2n) is 5.40. The highest BCUT2D eigenvalue weighted by atomic mass is 16.7. The van der Waals surface area contributed by atoms with Gasteiger partial charge in [-0.15, -0.1) is 0 Å². The molecule has 0 N–H and O–H groups in total. The van der Waals surface area contributed by atoms with Crippen molar-refractivity contribution in [1.29, 1.82) is 0 Å². The molecule has 0 saturated carbocycles. The number of ether oxygens (including phenoxy) is 3. The highest BCUT2D eigenvalue weighted by Gasteiger charge is 2.26. The molecule has 124 valence electrons. The molecule has 0 fully saturated rings. The van der Waals surface area contributed by atoms with Gasteiger partial charge in [0.1, 0.15) is 5.75 Å². The van der Waals surface area contributed by atoms with Gasteiger partial charge in [0.2, 0.25) is 6.79 Å². The standard InChI is InChI=1S/C18H17NO5/c1-12(19(2)18(21)24-14-6-4-3-5-7-14)17(20)13-8-9-15-16(10-13)23-11-22-15/h3-10,12H,11H2,1-2H3. The minimum atomic E-state index is -0.679. The van der Waals surface area contributed by atoms with Crippen LogP contribution in [0.1, 0.15) is 17.3 Å². The molecule has 1 atom stereocenters. The van der Waals surface area contributed by atoms with Gasteiger partial charge < -0.3 is 19.1 Å². The van der Waals surface area contributed by atoms with Crippen molar-refractivity contribution in [2.75, 3.05) is 13.8 Å². The molecule has 0 aliphatic carbocycles. The Morgan fingerprint density at radius 3 is 2.54 bits per heavy atom. The summed E-state index contributed by atoms with van der Waals surface area (Å²) in [5.74, 6) is 1.36. The van der Waals surface area contributed by atoms with E-state index in [2.05, 4.69) is 0 Å². The highest BCUT2D eigenvalue weighted by Crippen LogP contribution is 2.33. The first-order chi connectivity index (χ1) is 11.6. The Hall–Kier alpha value is -3.02. The van der Waals surface area contributed by atoms with Crippen molar-refractivity contribution in [2.45, 2.75) is 13.0 Å². The molecule has 1 aliphatic heterocycles. The number of carbonyl (C=O) groups excluding carboxylic acids is 2. The van der Waals surface area contributed by atoms with Gasteiger partial charge in [-0.25, -0.2) is 4.79 Å². The van der Waals surface area contributed by atoms with Gasteiger partial charge in [-0.2, -0.15) is 0 Å². The second-order valence-corrected chi connectivity index (χ2v) is 5.40. The van der Waals surface area contributed by atoms with Gasteiger partial charge in [-0.05, 0) is 37.3 Å². The number of fused-ring (bicyclic) bond motifs is 1. The van der Waals surface area contributed by atoms with Gasteiger partial charge in [0.05, 0.1) is 6.04 Å². The van der Waals surface area contributed by atoms with E-state index in [1.165, 1.54) is 11.9 Å². The van der Waals surface area contributed by atoms with E-state index in [0.29, 0.717) is 22.8 Å². The summed E-state index contributed by atoms with van der Waals surface area (Å²) >= 11 is 0. The lowest BCUT2D eigenvalue weighted by atomic mass is 10.0. The average molecular weight is 327 g/mol. The summed E-state index contributed by atoms with van der Waals surface area (Å²) in [5, 5.41) is 0. The molecule has 2 aromatic carbocycles. The molecule has 6 heteroatoms. The van der Waals surface area contributed by atoms with Crippen LogP contribution in [0.25, 0.3) is 0 Å². The van der Waals surface area contributed by atoms with E-state index in [-0.39, 0.29) is 12.6 Å². The Morgan fingerprint density at radius 1 is 1.08 bits per heavy atom. The molecule has 2 aromatic rings. The predicted molar refractivity (Wildman–Crippen MR) is 86.6 cm³/mol. The minimum absolute atomic E-state index is 0.145. The lowest BCUT2D eigenvalue weighted by Gasteiger charge is -2.23. The third kappa shape index (κ3) is 3.17. The zero-order valence-electron chi connectivity index (χ0n) is 13.4. The number of para-hydroxylation sites is 1. The Bertz CT molecular complexity index is 759. The first kappa shape index (κ1) is 15.9. The summed E-state index contributed by atoms with van der Waals surface area (Å²) in [5.41, 5.74) is 0.450. The summed E-state index contributed by atoms with van der Waals surface area (Å²) in [6.07, 6.45) is -0.595. The fourth-order valence-electron chi connectivity index (χ4n) is 2.29. The van der Waals surface area contributed by atoms with Crippen molar-refractivity contribution in [2.24, 2.45) is 0 Å². The number of likely N-dealkylation sites (N-methyl/N-ethyl adjacent to an activating group) is 1. The number of benzene rings is 2. The van der Waals surface area contributed by atoms with Crippen molar-refractivity contribution in [3.05, 3.63) is 54.1 Å². The molecule has 3 rings (SSSR count). The van der Waals surface area contributed by atoms with Crippen molar-refractivity contribution >= 4 is 11.9 Å². The Morgan fingerprint density at radius 2 is 1.79 bits per heavy atom. The number of nitrogens with zero attached hydrogens (tertiary/aromatic N) is 1. The van der Waals surface area contributed by atoms with Crippen LogP contribution in [0, 0.1) is 0 Å². The molecule has 1 amide bonds. The van der Waals surface area contributed by atoms with E-state index < -0.39 is 12.1 Å². The van der Waals surface area contributed by atoms with Crippen LogP contribution in [0.15, 0.2) is 48.5 Å². The van der Waals surface area contributed by atoms with E-state index in [1.807, 2.05) is 6.07 Å². The fourth-order valence-corrected chi connectivity index (χ4v) is 2.29. The van der Waals surface area contributed by atoms with Crippen LogP contribution >= 0.6 is 0 Å². The smallest absolute Gasteiger partial charge is 0.415 e.